The highest BCUT2D eigenvalue weighted by Gasteiger charge is 2.21. The molecule has 0 saturated carbocycles. The van der Waals surface area contributed by atoms with Crippen LogP contribution >= 0.6 is 0 Å². The van der Waals surface area contributed by atoms with Crippen molar-refractivity contribution in [2.45, 2.75) is 32.9 Å². The molecule has 1 aliphatic rings. The Labute approximate surface area is 130 Å². The smallest absolute Gasteiger partial charge is 0.254 e. The molecule has 0 bridgehead atoms. The molecular formula is C18H20N2O2. The first-order valence-corrected chi connectivity index (χ1v) is 7.62. The van der Waals surface area contributed by atoms with Crippen LogP contribution in [0.1, 0.15) is 35.5 Å². The molecule has 1 aromatic carbocycles. The van der Waals surface area contributed by atoms with Crippen molar-refractivity contribution in [1.29, 1.82) is 0 Å². The second-order valence-electron chi connectivity index (χ2n) is 5.77. The number of carbonyl (C=O) groups excluding carboxylic acids is 1. The van der Waals surface area contributed by atoms with Crippen LogP contribution in [-0.2, 0) is 13.0 Å². The lowest BCUT2D eigenvalue weighted by Crippen LogP contribution is -2.36. The van der Waals surface area contributed by atoms with E-state index >= 15 is 0 Å². The minimum absolute atomic E-state index is 0.0374. The van der Waals surface area contributed by atoms with Crippen molar-refractivity contribution in [2.75, 3.05) is 6.61 Å². The lowest BCUT2D eigenvalue weighted by atomic mass is 10.1. The molecule has 0 spiro atoms. The molecule has 0 N–H and O–H groups in total. The van der Waals surface area contributed by atoms with Gasteiger partial charge in [0.1, 0.15) is 5.75 Å². The number of benzene rings is 1. The lowest BCUT2D eigenvalue weighted by molar-refractivity contribution is 0.0687. The van der Waals surface area contributed by atoms with Crippen molar-refractivity contribution >= 4 is 5.91 Å². The van der Waals surface area contributed by atoms with Crippen LogP contribution in [0.25, 0.3) is 0 Å². The molecule has 4 nitrogen and oxygen atoms in total. The summed E-state index contributed by atoms with van der Waals surface area (Å²) >= 11 is 0. The van der Waals surface area contributed by atoms with Crippen LogP contribution < -0.4 is 4.74 Å². The number of amides is 1. The van der Waals surface area contributed by atoms with Gasteiger partial charge in [0.05, 0.1) is 18.8 Å². The number of carbonyl (C=O) groups is 1. The third-order valence-corrected chi connectivity index (χ3v) is 3.88. The van der Waals surface area contributed by atoms with E-state index < -0.39 is 0 Å². The van der Waals surface area contributed by atoms with Crippen LogP contribution in [0.15, 0.2) is 42.6 Å². The van der Waals surface area contributed by atoms with Crippen molar-refractivity contribution < 1.29 is 9.53 Å². The van der Waals surface area contributed by atoms with Gasteiger partial charge in [-0.1, -0.05) is 6.07 Å². The molecule has 0 atom stereocenters. The van der Waals surface area contributed by atoms with Gasteiger partial charge >= 0.3 is 0 Å². The first-order chi connectivity index (χ1) is 10.6. The highest BCUT2D eigenvalue weighted by atomic mass is 16.5. The van der Waals surface area contributed by atoms with Gasteiger partial charge < -0.3 is 9.64 Å². The average Bonchev–Trinajstić information content (AvgIpc) is 3.00. The quantitative estimate of drug-likeness (QED) is 0.871. The van der Waals surface area contributed by atoms with Crippen LogP contribution in [0.5, 0.6) is 5.75 Å². The van der Waals surface area contributed by atoms with Crippen molar-refractivity contribution in [1.82, 2.24) is 9.88 Å². The van der Waals surface area contributed by atoms with Crippen molar-refractivity contribution in [3.8, 4) is 5.75 Å². The Morgan fingerprint density at radius 1 is 1.32 bits per heavy atom. The zero-order valence-electron chi connectivity index (χ0n) is 13.0. The van der Waals surface area contributed by atoms with Crippen LogP contribution in [0.3, 0.4) is 0 Å². The number of fused-ring (bicyclic) bond motifs is 1. The minimum atomic E-state index is 0.0374. The molecule has 2 heterocycles. The van der Waals surface area contributed by atoms with E-state index in [1.165, 1.54) is 0 Å². The first kappa shape index (κ1) is 14.6. The van der Waals surface area contributed by atoms with E-state index in [9.17, 15) is 4.79 Å². The summed E-state index contributed by atoms with van der Waals surface area (Å²) in [5, 5.41) is 0. The number of nitrogens with zero attached hydrogens (tertiary/aromatic N) is 2. The fraction of sp³-hybridized carbons (Fsp3) is 0.333. The molecule has 1 amide bonds. The molecule has 4 heteroatoms. The number of hydrogen-bond acceptors (Lipinski definition) is 3. The topological polar surface area (TPSA) is 42.4 Å². The predicted molar refractivity (Wildman–Crippen MR) is 84.9 cm³/mol. The van der Waals surface area contributed by atoms with E-state index in [2.05, 4.69) is 4.98 Å². The molecule has 1 aliphatic heterocycles. The van der Waals surface area contributed by atoms with Crippen molar-refractivity contribution in [2.24, 2.45) is 0 Å². The zero-order valence-corrected chi connectivity index (χ0v) is 13.0. The zero-order chi connectivity index (χ0) is 15.5. The van der Waals surface area contributed by atoms with Gasteiger partial charge in [0.15, 0.2) is 0 Å². The molecule has 2 aromatic rings. The number of rotatable bonds is 4. The van der Waals surface area contributed by atoms with Gasteiger partial charge in [0.25, 0.3) is 5.91 Å². The van der Waals surface area contributed by atoms with Crippen LogP contribution in [0.2, 0.25) is 0 Å². The molecule has 3 rings (SSSR count). The van der Waals surface area contributed by atoms with E-state index in [-0.39, 0.29) is 11.9 Å². The van der Waals surface area contributed by atoms with E-state index in [1.54, 1.807) is 6.20 Å². The van der Waals surface area contributed by atoms with Gasteiger partial charge in [0, 0.05) is 24.2 Å². The van der Waals surface area contributed by atoms with Crippen molar-refractivity contribution in [3.63, 3.8) is 0 Å². The van der Waals surface area contributed by atoms with E-state index in [0.29, 0.717) is 18.7 Å². The van der Waals surface area contributed by atoms with E-state index in [1.807, 2.05) is 55.1 Å². The van der Waals surface area contributed by atoms with E-state index in [0.717, 1.165) is 23.4 Å². The fourth-order valence-corrected chi connectivity index (χ4v) is 2.64. The maximum Gasteiger partial charge on any atom is 0.254 e. The number of ether oxygens (including phenoxy) is 1. The summed E-state index contributed by atoms with van der Waals surface area (Å²) in [4.78, 5) is 19.0. The highest BCUT2D eigenvalue weighted by Crippen LogP contribution is 2.26. The maximum absolute atomic E-state index is 12.8. The highest BCUT2D eigenvalue weighted by molar-refractivity contribution is 5.94. The number of pyridine rings is 1. The van der Waals surface area contributed by atoms with Crippen LogP contribution in [0.4, 0.5) is 0 Å². The molecule has 0 aliphatic carbocycles. The third-order valence-electron chi connectivity index (χ3n) is 3.88. The SMILES string of the molecule is CC(C)N(Cc1ccccn1)C(=O)c1ccc2c(c1)CCO2. The Morgan fingerprint density at radius 3 is 2.91 bits per heavy atom. The Hall–Kier alpha value is -2.36. The Kier molecular flexibility index (Phi) is 4.09. The second-order valence-corrected chi connectivity index (χ2v) is 5.77. The molecular weight excluding hydrogens is 276 g/mol. The molecule has 114 valence electrons. The molecule has 0 unspecified atom stereocenters. The van der Waals surface area contributed by atoms with Gasteiger partial charge in [-0.25, -0.2) is 0 Å². The summed E-state index contributed by atoms with van der Waals surface area (Å²) in [6.07, 6.45) is 2.63. The summed E-state index contributed by atoms with van der Waals surface area (Å²) in [5.41, 5.74) is 2.73. The normalized spacial score (nSPS) is 12.9. The predicted octanol–water partition coefficient (Wildman–Crippen LogP) is 3.07. The molecule has 22 heavy (non-hydrogen) atoms. The van der Waals surface area contributed by atoms with Crippen LogP contribution in [-0.4, -0.2) is 28.4 Å². The van der Waals surface area contributed by atoms with Gasteiger partial charge in [-0.3, -0.25) is 9.78 Å². The number of aromatic nitrogens is 1. The summed E-state index contributed by atoms with van der Waals surface area (Å²) in [6.45, 7) is 5.27. The largest absolute Gasteiger partial charge is 0.493 e. The average molecular weight is 296 g/mol. The minimum Gasteiger partial charge on any atom is -0.493 e. The van der Waals surface area contributed by atoms with Crippen molar-refractivity contribution in [3.05, 3.63) is 59.4 Å². The van der Waals surface area contributed by atoms with Gasteiger partial charge in [-0.05, 0) is 49.7 Å². The first-order valence-electron chi connectivity index (χ1n) is 7.62. The van der Waals surface area contributed by atoms with Gasteiger partial charge in [0.2, 0.25) is 0 Å². The lowest BCUT2D eigenvalue weighted by Gasteiger charge is -2.26. The molecule has 1 aromatic heterocycles. The maximum atomic E-state index is 12.8. The Morgan fingerprint density at radius 2 is 2.18 bits per heavy atom. The van der Waals surface area contributed by atoms with Gasteiger partial charge in [-0.15, -0.1) is 0 Å². The summed E-state index contributed by atoms with van der Waals surface area (Å²) in [5.74, 6) is 0.938. The monoisotopic (exact) mass is 296 g/mol. The fourth-order valence-electron chi connectivity index (χ4n) is 2.64. The third kappa shape index (κ3) is 2.96. The van der Waals surface area contributed by atoms with Gasteiger partial charge in [-0.2, -0.15) is 0 Å². The number of hydrogen-bond donors (Lipinski definition) is 0. The molecule has 0 fully saturated rings. The standard InChI is InChI=1S/C18H20N2O2/c1-13(2)20(12-16-5-3-4-9-19-16)18(21)15-6-7-17-14(11-15)8-10-22-17/h3-7,9,11,13H,8,10,12H2,1-2H3. The summed E-state index contributed by atoms with van der Waals surface area (Å²) in [7, 11) is 0. The molecule has 0 saturated heterocycles. The van der Waals surface area contributed by atoms with Crippen LogP contribution in [0, 0.1) is 0 Å². The summed E-state index contributed by atoms with van der Waals surface area (Å²) in [6, 6.07) is 11.6. The Bertz CT molecular complexity index is 668. The second kappa shape index (κ2) is 6.18. The summed E-state index contributed by atoms with van der Waals surface area (Å²) < 4.78 is 5.50. The Balaban J connectivity index is 1.83. The molecule has 0 radical (unpaired) electrons. The van der Waals surface area contributed by atoms with E-state index in [4.69, 9.17) is 4.74 Å².